The van der Waals surface area contributed by atoms with Crippen LogP contribution in [-0.2, 0) is 10.5 Å². The fraction of sp³-hybridized carbons (Fsp3) is 0.129. The summed E-state index contributed by atoms with van der Waals surface area (Å²) in [7, 11) is 0. The summed E-state index contributed by atoms with van der Waals surface area (Å²) in [6, 6.07) is 34.5. The number of carbonyl (C=O) groups is 1. The number of thioether (sulfide) groups is 1. The number of nitrogens with one attached hydrogen (secondary N) is 1. The number of halogens is 2. The first-order chi connectivity index (χ1) is 19.0. The van der Waals surface area contributed by atoms with Crippen LogP contribution in [0.4, 0.5) is 0 Å². The molecule has 1 atom stereocenters. The van der Waals surface area contributed by atoms with E-state index in [1.807, 2.05) is 90.4 Å². The fourth-order valence-corrected chi connectivity index (χ4v) is 5.68. The third kappa shape index (κ3) is 6.36. The molecule has 0 fully saturated rings. The van der Waals surface area contributed by atoms with Crippen LogP contribution >= 0.6 is 35.0 Å². The topological polar surface area (TPSA) is 59.8 Å². The SMILES string of the molecule is CC(NC(=O)C(c1ccccc1)c1ccccc1)c1nnc(SCc2ccccc2)n1-c1cc(Cl)ccc1Cl. The van der Waals surface area contributed by atoms with Crippen LogP contribution in [0, 0.1) is 0 Å². The summed E-state index contributed by atoms with van der Waals surface area (Å²) in [5, 5.41) is 13.9. The third-order valence-corrected chi connectivity index (χ3v) is 7.85. The normalized spacial score (nSPS) is 11.9. The molecule has 1 amide bonds. The maximum atomic E-state index is 13.8. The highest BCUT2D eigenvalue weighted by Gasteiger charge is 2.27. The van der Waals surface area contributed by atoms with Gasteiger partial charge in [0.1, 0.15) is 0 Å². The number of hydrogen-bond acceptors (Lipinski definition) is 4. The van der Waals surface area contributed by atoms with E-state index in [0.29, 0.717) is 32.5 Å². The lowest BCUT2D eigenvalue weighted by Crippen LogP contribution is -2.33. The minimum atomic E-state index is -0.479. The summed E-state index contributed by atoms with van der Waals surface area (Å²) >= 11 is 14.5. The van der Waals surface area contributed by atoms with Crippen LogP contribution in [0.15, 0.2) is 114 Å². The second-order valence-corrected chi connectivity index (χ2v) is 10.8. The molecule has 0 aliphatic carbocycles. The van der Waals surface area contributed by atoms with Crippen LogP contribution in [0.1, 0.15) is 41.4 Å². The molecule has 8 heteroatoms. The molecule has 0 saturated carbocycles. The van der Waals surface area contributed by atoms with Gasteiger partial charge in [0.05, 0.1) is 22.7 Å². The third-order valence-electron chi connectivity index (χ3n) is 6.29. The average Bonchev–Trinajstić information content (AvgIpc) is 3.39. The average molecular weight is 574 g/mol. The van der Waals surface area contributed by atoms with Crippen LogP contribution in [-0.4, -0.2) is 20.7 Å². The molecular weight excluding hydrogens is 547 g/mol. The van der Waals surface area contributed by atoms with Crippen molar-refractivity contribution in [1.82, 2.24) is 20.1 Å². The molecule has 1 aromatic heterocycles. The van der Waals surface area contributed by atoms with E-state index in [0.717, 1.165) is 16.7 Å². The summed E-state index contributed by atoms with van der Waals surface area (Å²) in [6.07, 6.45) is 0. The first-order valence-corrected chi connectivity index (χ1v) is 14.2. The number of benzene rings is 4. The molecule has 5 aromatic rings. The summed E-state index contributed by atoms with van der Waals surface area (Å²) < 4.78 is 1.88. The Labute approximate surface area is 242 Å². The summed E-state index contributed by atoms with van der Waals surface area (Å²) in [5.74, 6) is 0.642. The molecule has 0 spiro atoms. The van der Waals surface area contributed by atoms with Crippen LogP contribution in [0.3, 0.4) is 0 Å². The van der Waals surface area contributed by atoms with Gasteiger partial charge in [-0.3, -0.25) is 9.36 Å². The fourth-order valence-electron chi connectivity index (χ4n) is 4.41. The van der Waals surface area contributed by atoms with Gasteiger partial charge < -0.3 is 5.32 Å². The van der Waals surface area contributed by atoms with Crippen LogP contribution < -0.4 is 5.32 Å². The molecule has 1 heterocycles. The first kappa shape index (κ1) is 27.0. The summed E-state index contributed by atoms with van der Waals surface area (Å²) in [5.41, 5.74) is 3.63. The predicted octanol–water partition coefficient (Wildman–Crippen LogP) is 7.88. The van der Waals surface area contributed by atoms with Gasteiger partial charge in [0.25, 0.3) is 0 Å². The number of aromatic nitrogens is 3. The zero-order valence-corrected chi connectivity index (χ0v) is 23.5. The van der Waals surface area contributed by atoms with Crippen LogP contribution in [0.25, 0.3) is 5.69 Å². The molecule has 5 nitrogen and oxygen atoms in total. The molecule has 0 radical (unpaired) electrons. The number of rotatable bonds is 9. The maximum Gasteiger partial charge on any atom is 0.232 e. The monoisotopic (exact) mass is 572 g/mol. The van der Waals surface area contributed by atoms with Crippen molar-refractivity contribution in [2.75, 3.05) is 0 Å². The number of hydrogen-bond donors (Lipinski definition) is 1. The zero-order valence-electron chi connectivity index (χ0n) is 21.2. The molecule has 39 heavy (non-hydrogen) atoms. The highest BCUT2D eigenvalue weighted by atomic mass is 35.5. The van der Waals surface area contributed by atoms with E-state index in [1.165, 1.54) is 0 Å². The Bertz CT molecular complexity index is 1510. The van der Waals surface area contributed by atoms with E-state index < -0.39 is 12.0 Å². The Balaban J connectivity index is 1.48. The highest BCUT2D eigenvalue weighted by Crippen LogP contribution is 2.33. The van der Waals surface area contributed by atoms with Crippen molar-refractivity contribution in [3.8, 4) is 5.69 Å². The smallest absolute Gasteiger partial charge is 0.232 e. The van der Waals surface area contributed by atoms with Gasteiger partial charge in [-0.05, 0) is 41.8 Å². The molecule has 0 aliphatic heterocycles. The Kier molecular flexibility index (Phi) is 8.67. The minimum absolute atomic E-state index is 0.134. The van der Waals surface area contributed by atoms with Gasteiger partial charge in [-0.1, -0.05) is 126 Å². The largest absolute Gasteiger partial charge is 0.346 e. The summed E-state index contributed by atoms with van der Waals surface area (Å²) in [4.78, 5) is 13.8. The van der Waals surface area contributed by atoms with Gasteiger partial charge in [0.15, 0.2) is 11.0 Å². The maximum absolute atomic E-state index is 13.8. The molecule has 0 saturated heterocycles. The highest BCUT2D eigenvalue weighted by molar-refractivity contribution is 7.98. The molecule has 0 bridgehead atoms. The Morgan fingerprint density at radius 2 is 1.44 bits per heavy atom. The van der Waals surface area contributed by atoms with Gasteiger partial charge in [-0.2, -0.15) is 0 Å². The quantitative estimate of drug-likeness (QED) is 0.182. The predicted molar refractivity (Wildman–Crippen MR) is 159 cm³/mol. The first-order valence-electron chi connectivity index (χ1n) is 12.5. The molecule has 196 valence electrons. The van der Waals surface area contributed by atoms with Crippen LogP contribution in [0.2, 0.25) is 10.0 Å². The molecular formula is C31H26Cl2N4OS. The van der Waals surface area contributed by atoms with E-state index in [4.69, 9.17) is 23.2 Å². The molecule has 1 unspecified atom stereocenters. The lowest BCUT2D eigenvalue weighted by atomic mass is 9.90. The number of carbonyl (C=O) groups excluding carboxylic acids is 1. The standard InChI is InChI=1S/C31H26Cl2N4OS/c1-21(34-30(38)28(23-13-7-3-8-14-23)24-15-9-4-10-16-24)29-35-36-31(39-20-22-11-5-2-6-12-22)37(29)27-19-25(32)17-18-26(27)33/h2-19,21,28H,20H2,1H3,(H,34,38). The van der Waals surface area contributed by atoms with Crippen molar-refractivity contribution < 1.29 is 4.79 Å². The van der Waals surface area contributed by atoms with Crippen molar-refractivity contribution >= 4 is 40.9 Å². The minimum Gasteiger partial charge on any atom is -0.346 e. The molecule has 5 rings (SSSR count). The Hall–Kier alpha value is -3.58. The van der Waals surface area contributed by atoms with Gasteiger partial charge in [0, 0.05) is 10.8 Å². The summed E-state index contributed by atoms with van der Waals surface area (Å²) in [6.45, 7) is 1.90. The number of nitrogens with zero attached hydrogens (tertiary/aromatic N) is 3. The van der Waals surface area contributed by atoms with Crippen LogP contribution in [0.5, 0.6) is 0 Å². The van der Waals surface area contributed by atoms with Crippen molar-refractivity contribution in [1.29, 1.82) is 0 Å². The zero-order chi connectivity index (χ0) is 27.2. The van der Waals surface area contributed by atoms with Gasteiger partial charge in [-0.25, -0.2) is 0 Å². The molecule has 4 aromatic carbocycles. The van der Waals surface area contributed by atoms with Gasteiger partial charge in [0.2, 0.25) is 5.91 Å². The van der Waals surface area contributed by atoms with Crippen molar-refractivity contribution in [3.05, 3.63) is 142 Å². The van der Waals surface area contributed by atoms with E-state index in [1.54, 1.807) is 30.0 Å². The van der Waals surface area contributed by atoms with Gasteiger partial charge in [-0.15, -0.1) is 10.2 Å². The lowest BCUT2D eigenvalue weighted by Gasteiger charge is -2.22. The second kappa shape index (κ2) is 12.5. The van der Waals surface area contributed by atoms with E-state index in [2.05, 4.69) is 27.6 Å². The van der Waals surface area contributed by atoms with Crippen molar-refractivity contribution in [2.45, 2.75) is 29.8 Å². The van der Waals surface area contributed by atoms with Crippen molar-refractivity contribution in [2.24, 2.45) is 0 Å². The van der Waals surface area contributed by atoms with E-state index in [-0.39, 0.29) is 5.91 Å². The molecule has 1 N–H and O–H groups in total. The van der Waals surface area contributed by atoms with E-state index >= 15 is 0 Å². The Morgan fingerprint density at radius 3 is 2.05 bits per heavy atom. The van der Waals surface area contributed by atoms with Gasteiger partial charge >= 0.3 is 0 Å². The lowest BCUT2D eigenvalue weighted by molar-refractivity contribution is -0.122. The van der Waals surface area contributed by atoms with E-state index in [9.17, 15) is 4.79 Å². The molecule has 0 aliphatic rings. The van der Waals surface area contributed by atoms with Crippen molar-refractivity contribution in [3.63, 3.8) is 0 Å². The Morgan fingerprint density at radius 1 is 0.846 bits per heavy atom. The number of amides is 1. The second-order valence-electron chi connectivity index (χ2n) is 9.03.